The lowest BCUT2D eigenvalue weighted by atomic mass is 9.73. The van der Waals surface area contributed by atoms with Crippen LogP contribution in [0.1, 0.15) is 52.1 Å². The number of nitrogens with zero attached hydrogens (tertiary/aromatic N) is 1. The summed E-state index contributed by atoms with van der Waals surface area (Å²) in [5.41, 5.74) is 1.28. The SMILES string of the molecule is Cc1ccc(-n2cc3c(c(C(=O)Nc4ccccc4F)c2=O)CC(C)(C)CC3=O)cc1. The van der Waals surface area contributed by atoms with E-state index in [0.717, 1.165) is 5.56 Å². The lowest BCUT2D eigenvalue weighted by molar-refractivity contribution is 0.0910. The van der Waals surface area contributed by atoms with Crippen LogP contribution < -0.4 is 10.9 Å². The molecule has 4 rings (SSSR count). The molecule has 1 aliphatic carbocycles. The quantitative estimate of drug-likeness (QED) is 0.671. The van der Waals surface area contributed by atoms with Crippen LogP contribution in [-0.2, 0) is 6.42 Å². The van der Waals surface area contributed by atoms with Gasteiger partial charge in [-0.15, -0.1) is 0 Å². The van der Waals surface area contributed by atoms with E-state index in [4.69, 9.17) is 0 Å². The molecule has 31 heavy (non-hydrogen) atoms. The van der Waals surface area contributed by atoms with Crippen LogP contribution in [0.2, 0.25) is 0 Å². The van der Waals surface area contributed by atoms with Gasteiger partial charge in [0.05, 0.1) is 5.69 Å². The summed E-state index contributed by atoms with van der Waals surface area (Å²) >= 11 is 0. The van der Waals surface area contributed by atoms with Gasteiger partial charge in [-0.05, 0) is 48.6 Å². The van der Waals surface area contributed by atoms with Gasteiger partial charge in [0.15, 0.2) is 5.78 Å². The highest BCUT2D eigenvalue weighted by atomic mass is 19.1. The molecule has 3 aromatic rings. The fourth-order valence-electron chi connectivity index (χ4n) is 4.02. The average molecular weight is 418 g/mol. The van der Waals surface area contributed by atoms with Crippen LogP contribution in [-0.4, -0.2) is 16.3 Å². The highest BCUT2D eigenvalue weighted by Crippen LogP contribution is 2.36. The van der Waals surface area contributed by atoms with Gasteiger partial charge < -0.3 is 5.32 Å². The van der Waals surface area contributed by atoms with E-state index in [-0.39, 0.29) is 22.4 Å². The van der Waals surface area contributed by atoms with Crippen molar-refractivity contribution < 1.29 is 14.0 Å². The Balaban J connectivity index is 1.92. The molecule has 1 amide bonds. The third-order valence-electron chi connectivity index (χ3n) is 5.57. The van der Waals surface area contributed by atoms with Crippen LogP contribution in [0.15, 0.2) is 59.5 Å². The molecule has 6 heteroatoms. The molecule has 0 saturated heterocycles. The number of aromatic nitrogens is 1. The van der Waals surface area contributed by atoms with Crippen molar-refractivity contribution in [3.8, 4) is 5.69 Å². The predicted molar refractivity (Wildman–Crippen MR) is 118 cm³/mol. The lowest BCUT2D eigenvalue weighted by Crippen LogP contribution is -2.37. The molecule has 1 aromatic heterocycles. The third-order valence-corrected chi connectivity index (χ3v) is 5.57. The zero-order chi connectivity index (χ0) is 22.3. The van der Waals surface area contributed by atoms with Gasteiger partial charge in [0.2, 0.25) is 0 Å². The molecule has 1 aliphatic rings. The molecule has 5 nitrogen and oxygen atoms in total. The zero-order valence-electron chi connectivity index (χ0n) is 17.7. The first kappa shape index (κ1) is 20.7. The van der Waals surface area contributed by atoms with Gasteiger partial charge in [-0.25, -0.2) is 4.39 Å². The fourth-order valence-corrected chi connectivity index (χ4v) is 4.02. The topological polar surface area (TPSA) is 68.2 Å². The van der Waals surface area contributed by atoms with Crippen LogP contribution in [0.5, 0.6) is 0 Å². The third kappa shape index (κ3) is 3.93. The Labute approximate surface area is 179 Å². The molecule has 1 heterocycles. The van der Waals surface area contributed by atoms with Gasteiger partial charge in [0, 0.05) is 23.9 Å². The first-order valence-electron chi connectivity index (χ1n) is 10.1. The van der Waals surface area contributed by atoms with Crippen LogP contribution in [0.25, 0.3) is 5.69 Å². The minimum atomic E-state index is -0.724. The van der Waals surface area contributed by atoms with Gasteiger partial charge in [0.25, 0.3) is 11.5 Å². The van der Waals surface area contributed by atoms with Gasteiger partial charge in [-0.1, -0.05) is 43.7 Å². The van der Waals surface area contributed by atoms with Crippen LogP contribution in [0, 0.1) is 18.2 Å². The molecule has 0 radical (unpaired) electrons. The molecule has 158 valence electrons. The number of carbonyl (C=O) groups excluding carboxylic acids is 2. The van der Waals surface area contributed by atoms with E-state index in [0.29, 0.717) is 29.7 Å². The molecular formula is C25H23FN2O3. The normalized spacial score (nSPS) is 14.8. The van der Waals surface area contributed by atoms with Gasteiger partial charge in [-0.2, -0.15) is 0 Å². The molecule has 0 saturated carbocycles. The van der Waals surface area contributed by atoms with E-state index < -0.39 is 17.3 Å². The number of halogens is 1. The molecule has 0 aliphatic heterocycles. The Bertz CT molecular complexity index is 1260. The maximum absolute atomic E-state index is 14.1. The van der Waals surface area contributed by atoms with Crippen molar-refractivity contribution in [1.29, 1.82) is 0 Å². The standard InChI is InChI=1S/C25H23FN2O3/c1-15-8-10-16(11-9-15)28-14-18-17(12-25(2,3)13-21(18)29)22(24(28)31)23(30)27-20-7-5-4-6-19(20)26/h4-11,14H,12-13H2,1-3H3,(H,27,30). The predicted octanol–water partition coefficient (Wildman–Crippen LogP) is 4.69. The Kier molecular flexibility index (Phi) is 5.09. The Morgan fingerprint density at radius 2 is 1.71 bits per heavy atom. The Hall–Kier alpha value is -3.54. The van der Waals surface area contributed by atoms with E-state index in [1.54, 1.807) is 18.2 Å². The summed E-state index contributed by atoms with van der Waals surface area (Å²) in [6.07, 6.45) is 2.25. The first-order chi connectivity index (χ1) is 14.7. The van der Waals surface area contributed by atoms with Crippen LogP contribution >= 0.6 is 0 Å². The highest BCUT2D eigenvalue weighted by Gasteiger charge is 2.36. The second-order valence-corrected chi connectivity index (χ2v) is 8.78. The molecule has 0 bridgehead atoms. The van der Waals surface area contributed by atoms with Crippen molar-refractivity contribution in [3.63, 3.8) is 0 Å². The number of para-hydroxylation sites is 1. The number of pyridine rings is 1. The molecule has 0 fully saturated rings. The van der Waals surface area contributed by atoms with Crippen LogP contribution in [0.3, 0.4) is 0 Å². The number of benzene rings is 2. The number of Topliss-reactive ketones (excluding diaryl/α,β-unsaturated/α-hetero) is 1. The average Bonchev–Trinajstić information content (AvgIpc) is 2.69. The smallest absolute Gasteiger partial charge is 0.268 e. The summed E-state index contributed by atoms with van der Waals surface area (Å²) in [6, 6.07) is 13.0. The van der Waals surface area contributed by atoms with Gasteiger partial charge in [-0.3, -0.25) is 19.0 Å². The fraction of sp³-hybridized carbons (Fsp3) is 0.240. The summed E-state index contributed by atoms with van der Waals surface area (Å²) in [4.78, 5) is 39.6. The van der Waals surface area contributed by atoms with E-state index in [2.05, 4.69) is 5.32 Å². The second kappa shape index (κ2) is 7.61. The Morgan fingerprint density at radius 1 is 1.03 bits per heavy atom. The first-order valence-corrected chi connectivity index (χ1v) is 10.1. The molecule has 0 unspecified atom stereocenters. The number of carbonyl (C=O) groups is 2. The maximum atomic E-state index is 14.1. The number of ketones is 1. The highest BCUT2D eigenvalue weighted by molar-refractivity contribution is 6.08. The van der Waals surface area contributed by atoms with Crippen molar-refractivity contribution in [2.45, 2.75) is 33.6 Å². The van der Waals surface area contributed by atoms with Crippen molar-refractivity contribution in [2.75, 3.05) is 5.32 Å². The van der Waals surface area contributed by atoms with Crippen molar-refractivity contribution in [2.24, 2.45) is 5.41 Å². The number of fused-ring (bicyclic) bond motifs is 1. The lowest BCUT2D eigenvalue weighted by Gasteiger charge is -2.31. The molecule has 0 spiro atoms. The van der Waals surface area contributed by atoms with E-state index in [9.17, 15) is 18.8 Å². The maximum Gasteiger partial charge on any atom is 0.268 e. The monoisotopic (exact) mass is 418 g/mol. The number of aryl methyl sites for hydroxylation is 1. The minimum absolute atomic E-state index is 0.0206. The number of nitrogens with one attached hydrogen (secondary N) is 1. The molecule has 1 N–H and O–H groups in total. The zero-order valence-corrected chi connectivity index (χ0v) is 17.7. The largest absolute Gasteiger partial charge is 0.319 e. The van der Waals surface area contributed by atoms with E-state index in [1.807, 2.05) is 32.9 Å². The van der Waals surface area contributed by atoms with Gasteiger partial charge in [0.1, 0.15) is 11.4 Å². The number of anilines is 1. The van der Waals surface area contributed by atoms with Gasteiger partial charge >= 0.3 is 0 Å². The summed E-state index contributed by atoms with van der Waals surface area (Å²) in [5.74, 6) is -1.44. The number of hydrogen-bond donors (Lipinski definition) is 1. The second-order valence-electron chi connectivity index (χ2n) is 8.78. The molecular weight excluding hydrogens is 395 g/mol. The van der Waals surface area contributed by atoms with Crippen LogP contribution in [0.4, 0.5) is 10.1 Å². The number of hydrogen-bond acceptors (Lipinski definition) is 3. The molecule has 0 atom stereocenters. The minimum Gasteiger partial charge on any atom is -0.319 e. The Morgan fingerprint density at radius 3 is 2.39 bits per heavy atom. The summed E-state index contributed by atoms with van der Waals surface area (Å²) < 4.78 is 15.4. The summed E-state index contributed by atoms with van der Waals surface area (Å²) in [6.45, 7) is 5.79. The summed E-state index contributed by atoms with van der Waals surface area (Å²) in [7, 11) is 0. The van der Waals surface area contributed by atoms with Crippen molar-refractivity contribution in [3.05, 3.63) is 93.2 Å². The number of amides is 1. The van der Waals surface area contributed by atoms with Crippen molar-refractivity contribution in [1.82, 2.24) is 4.57 Å². The van der Waals surface area contributed by atoms with E-state index >= 15 is 0 Å². The van der Waals surface area contributed by atoms with Crippen molar-refractivity contribution >= 4 is 17.4 Å². The van der Waals surface area contributed by atoms with E-state index in [1.165, 1.54) is 29.0 Å². The number of rotatable bonds is 3. The summed E-state index contributed by atoms with van der Waals surface area (Å²) in [5, 5.41) is 2.51. The molecule has 2 aromatic carbocycles.